The van der Waals surface area contributed by atoms with Gasteiger partial charge in [-0.25, -0.2) is 19.8 Å². The van der Waals surface area contributed by atoms with E-state index >= 15 is 0 Å². The molecule has 10 aromatic rings. The molecule has 266 valence electrons. The molecule has 10 rings (SSSR count). The Kier molecular flexibility index (Phi) is 7.65. The van der Waals surface area contributed by atoms with E-state index in [1.165, 1.54) is 32.7 Å². The molecule has 0 N–H and O–H groups in total. The normalized spacial score (nSPS) is 11.6. The summed E-state index contributed by atoms with van der Waals surface area (Å²) in [5, 5.41) is 4.84. The van der Waals surface area contributed by atoms with Crippen LogP contribution in [0.3, 0.4) is 0 Å². The minimum Gasteiger partial charge on any atom is -0.309 e. The molecular weight excluding hydrogens is 685 g/mol. The van der Waals surface area contributed by atoms with Gasteiger partial charge in [0.05, 0.1) is 40.0 Å². The molecule has 56 heavy (non-hydrogen) atoms. The zero-order chi connectivity index (χ0) is 38.1. The van der Waals surface area contributed by atoms with Gasteiger partial charge in [0, 0.05) is 38.2 Å². The summed E-state index contributed by atoms with van der Waals surface area (Å²) in [6.45, 7) is 15.7. The molecule has 0 radical (unpaired) electrons. The highest BCUT2D eigenvalue weighted by molar-refractivity contribution is 6.12. The Bertz CT molecular complexity index is 3230. The van der Waals surface area contributed by atoms with Gasteiger partial charge in [0.15, 0.2) is 11.5 Å². The second kappa shape index (κ2) is 12.9. The van der Waals surface area contributed by atoms with E-state index in [1.54, 1.807) is 0 Å². The first-order chi connectivity index (χ1) is 27.3. The molecule has 0 saturated carbocycles. The van der Waals surface area contributed by atoms with Gasteiger partial charge in [-0.05, 0) is 99.5 Å². The van der Waals surface area contributed by atoms with Gasteiger partial charge in [0.25, 0.3) is 0 Å². The molecule has 3 heterocycles. The van der Waals surface area contributed by atoms with Crippen molar-refractivity contribution in [3.63, 3.8) is 0 Å². The number of aryl methyl sites for hydroxylation is 4. The zero-order valence-electron chi connectivity index (χ0n) is 31.5. The summed E-state index contributed by atoms with van der Waals surface area (Å²) in [4.78, 5) is 17.8. The highest BCUT2D eigenvalue weighted by atomic mass is 15.0. The van der Waals surface area contributed by atoms with Crippen molar-refractivity contribution in [1.29, 1.82) is 0 Å². The van der Waals surface area contributed by atoms with E-state index in [0.29, 0.717) is 23.2 Å². The lowest BCUT2D eigenvalue weighted by Crippen LogP contribution is -2.03. The molecule has 0 saturated heterocycles. The first-order valence-corrected chi connectivity index (χ1v) is 18.8. The monoisotopic (exact) mass is 720 g/mol. The molecule has 0 aliphatic rings. The number of hydrogen-bond donors (Lipinski definition) is 0. The average Bonchev–Trinajstić information content (AvgIpc) is 3.72. The second-order valence-electron chi connectivity index (χ2n) is 14.6. The Balaban J connectivity index is 1.34. The number of nitrogens with zero attached hydrogens (tertiary/aromatic N) is 6. The summed E-state index contributed by atoms with van der Waals surface area (Å²) >= 11 is 0. The number of hydrogen-bond acceptors (Lipinski definition) is 3. The largest absolute Gasteiger partial charge is 0.309 e. The van der Waals surface area contributed by atoms with Crippen molar-refractivity contribution in [3.8, 4) is 45.0 Å². The predicted octanol–water partition coefficient (Wildman–Crippen LogP) is 12.9. The summed E-state index contributed by atoms with van der Waals surface area (Å²) in [6.07, 6.45) is 0. The van der Waals surface area contributed by atoms with Crippen LogP contribution in [-0.4, -0.2) is 24.1 Å². The Labute approximate surface area is 324 Å². The third-order valence-electron chi connectivity index (χ3n) is 10.9. The first kappa shape index (κ1) is 33.2. The van der Waals surface area contributed by atoms with Crippen LogP contribution < -0.4 is 0 Å². The van der Waals surface area contributed by atoms with E-state index in [9.17, 15) is 0 Å². The summed E-state index contributed by atoms with van der Waals surface area (Å²) in [7, 11) is 0. The Hall–Kier alpha value is -7.36. The van der Waals surface area contributed by atoms with E-state index < -0.39 is 0 Å². The predicted molar refractivity (Wildman–Crippen MR) is 230 cm³/mol. The molecule has 0 bridgehead atoms. The molecule has 6 nitrogen and oxygen atoms in total. The number of para-hydroxylation sites is 2. The Morgan fingerprint density at radius 1 is 0.429 bits per heavy atom. The van der Waals surface area contributed by atoms with Crippen molar-refractivity contribution in [3.05, 3.63) is 180 Å². The Morgan fingerprint density at radius 3 is 1.57 bits per heavy atom. The van der Waals surface area contributed by atoms with Crippen molar-refractivity contribution < 1.29 is 0 Å². The smallest absolute Gasteiger partial charge is 0.187 e. The molecule has 0 aliphatic heterocycles. The SMILES string of the molecule is [C-]#[N+]c1ccc(-c2ccc(-c3cc(-c4nc(C)nc(C)n4)ccc3-n3c4ccccc4c4cc(C)ccc43)c(-n3c4ccccc4c4cc(C)ccc43)c2)cc1. The summed E-state index contributed by atoms with van der Waals surface area (Å²) in [5.41, 5.74) is 14.8. The van der Waals surface area contributed by atoms with Crippen LogP contribution in [0.5, 0.6) is 0 Å². The quantitative estimate of drug-likeness (QED) is 0.166. The van der Waals surface area contributed by atoms with Crippen LogP contribution in [0.15, 0.2) is 146 Å². The summed E-state index contributed by atoms with van der Waals surface area (Å²) in [6, 6.07) is 52.0. The molecular formula is C50H36N6. The highest BCUT2D eigenvalue weighted by Gasteiger charge is 2.22. The third kappa shape index (κ3) is 5.36. The van der Waals surface area contributed by atoms with Crippen LogP contribution in [0, 0.1) is 34.3 Å². The maximum Gasteiger partial charge on any atom is 0.187 e. The Morgan fingerprint density at radius 2 is 0.964 bits per heavy atom. The summed E-state index contributed by atoms with van der Waals surface area (Å²) in [5.74, 6) is 2.02. The van der Waals surface area contributed by atoms with Gasteiger partial charge < -0.3 is 9.13 Å². The fourth-order valence-corrected chi connectivity index (χ4v) is 8.38. The molecule has 0 unspecified atom stereocenters. The van der Waals surface area contributed by atoms with E-state index in [4.69, 9.17) is 16.5 Å². The maximum atomic E-state index is 7.54. The molecule has 0 atom stereocenters. The van der Waals surface area contributed by atoms with Gasteiger partial charge in [0.1, 0.15) is 11.6 Å². The second-order valence-corrected chi connectivity index (χ2v) is 14.6. The van der Waals surface area contributed by atoms with Crippen LogP contribution in [0.1, 0.15) is 22.8 Å². The van der Waals surface area contributed by atoms with E-state index in [1.807, 2.05) is 38.1 Å². The minimum atomic E-state index is 0.620. The van der Waals surface area contributed by atoms with Crippen molar-refractivity contribution in [2.75, 3.05) is 0 Å². The van der Waals surface area contributed by atoms with Crippen LogP contribution in [0.4, 0.5) is 5.69 Å². The highest BCUT2D eigenvalue weighted by Crippen LogP contribution is 2.43. The maximum absolute atomic E-state index is 7.54. The molecule has 0 spiro atoms. The minimum absolute atomic E-state index is 0.620. The van der Waals surface area contributed by atoms with Crippen LogP contribution in [0.25, 0.3) is 93.5 Å². The lowest BCUT2D eigenvalue weighted by molar-refractivity contribution is 0.928. The van der Waals surface area contributed by atoms with Gasteiger partial charge in [0.2, 0.25) is 0 Å². The fraction of sp³-hybridized carbons (Fsp3) is 0.0800. The fourth-order valence-electron chi connectivity index (χ4n) is 8.38. The van der Waals surface area contributed by atoms with Crippen molar-refractivity contribution in [2.45, 2.75) is 27.7 Å². The van der Waals surface area contributed by atoms with E-state index in [2.05, 4.69) is 154 Å². The van der Waals surface area contributed by atoms with Crippen molar-refractivity contribution in [1.82, 2.24) is 24.1 Å². The van der Waals surface area contributed by atoms with Gasteiger partial charge in [-0.15, -0.1) is 0 Å². The topological polar surface area (TPSA) is 52.9 Å². The van der Waals surface area contributed by atoms with Crippen LogP contribution in [-0.2, 0) is 0 Å². The number of benzene rings is 7. The lowest BCUT2D eigenvalue weighted by atomic mass is 9.95. The average molecular weight is 721 g/mol. The van der Waals surface area contributed by atoms with Gasteiger partial charge in [-0.3, -0.25) is 0 Å². The number of aromatic nitrogens is 5. The zero-order valence-corrected chi connectivity index (χ0v) is 31.5. The van der Waals surface area contributed by atoms with Crippen molar-refractivity contribution >= 4 is 49.3 Å². The standard InChI is InChI=1S/C50H36N6/c1-30-14-23-46-41(26-30)38-10-6-8-12-44(38)55(46)48-25-19-36(50-53-32(3)52-33(4)54-50)28-43(48)40-22-18-35(34-16-20-37(51-5)21-17-34)29-49(40)56-45-13-9-7-11-39(45)42-27-31(2)15-24-47(42)56/h6-29H,1-4H3. The number of rotatable bonds is 5. The van der Waals surface area contributed by atoms with E-state index in [-0.39, 0.29) is 0 Å². The molecule has 3 aromatic heterocycles. The third-order valence-corrected chi connectivity index (χ3v) is 10.9. The lowest BCUT2D eigenvalue weighted by Gasteiger charge is -2.20. The van der Waals surface area contributed by atoms with E-state index in [0.717, 1.165) is 61.3 Å². The van der Waals surface area contributed by atoms with Crippen molar-refractivity contribution in [2.24, 2.45) is 0 Å². The molecule has 0 fully saturated rings. The van der Waals surface area contributed by atoms with Crippen LogP contribution in [0.2, 0.25) is 0 Å². The van der Waals surface area contributed by atoms with Gasteiger partial charge >= 0.3 is 0 Å². The molecule has 7 aromatic carbocycles. The molecule has 0 amide bonds. The molecule has 0 aliphatic carbocycles. The number of fused-ring (bicyclic) bond motifs is 6. The summed E-state index contributed by atoms with van der Waals surface area (Å²) < 4.78 is 4.82. The van der Waals surface area contributed by atoms with Gasteiger partial charge in [-0.2, -0.15) is 0 Å². The van der Waals surface area contributed by atoms with Crippen LogP contribution >= 0.6 is 0 Å². The molecule has 6 heteroatoms. The first-order valence-electron chi connectivity index (χ1n) is 18.8. The van der Waals surface area contributed by atoms with Gasteiger partial charge in [-0.1, -0.05) is 96.1 Å².